The van der Waals surface area contributed by atoms with Gasteiger partial charge in [-0.1, -0.05) is 0 Å². The van der Waals surface area contributed by atoms with Crippen LogP contribution in [0, 0.1) is 6.92 Å². The Balaban J connectivity index is 1.52. The molecule has 0 aliphatic carbocycles. The molecule has 0 unspecified atom stereocenters. The first-order chi connectivity index (χ1) is 17.9. The lowest BCUT2D eigenvalue weighted by atomic mass is 10.1. The fraction of sp³-hybridized carbons (Fsp3) is 0.321. The Kier molecular flexibility index (Phi) is 8.78. The third kappa shape index (κ3) is 6.29. The van der Waals surface area contributed by atoms with Gasteiger partial charge in [-0.05, 0) is 105 Å². The van der Waals surface area contributed by atoms with Crippen molar-refractivity contribution in [1.29, 1.82) is 0 Å². The summed E-state index contributed by atoms with van der Waals surface area (Å²) < 4.78 is 11.0. The van der Waals surface area contributed by atoms with Crippen LogP contribution >= 0.6 is 23.6 Å². The molecule has 2 aromatic carbocycles. The van der Waals surface area contributed by atoms with E-state index in [4.69, 9.17) is 21.7 Å². The highest BCUT2D eigenvalue weighted by Crippen LogP contribution is 2.30. The molecule has 1 saturated heterocycles. The van der Waals surface area contributed by atoms with Crippen molar-refractivity contribution in [2.45, 2.75) is 39.7 Å². The minimum atomic E-state index is -0.693. The first-order valence-electron chi connectivity index (χ1n) is 12.3. The van der Waals surface area contributed by atoms with Crippen LogP contribution in [0.25, 0.3) is 0 Å². The molecule has 7 nitrogen and oxygen atoms in total. The number of anilines is 2. The van der Waals surface area contributed by atoms with Crippen molar-refractivity contribution in [1.82, 2.24) is 4.90 Å². The summed E-state index contributed by atoms with van der Waals surface area (Å²) in [4.78, 5) is 31.3. The van der Waals surface area contributed by atoms with Gasteiger partial charge in [0.1, 0.15) is 17.5 Å². The van der Waals surface area contributed by atoms with Gasteiger partial charge in [0, 0.05) is 17.1 Å². The number of hydrogen-bond donors (Lipinski definition) is 1. The smallest absolute Gasteiger partial charge is 0.256 e. The molecule has 3 aromatic rings. The fourth-order valence-corrected chi connectivity index (χ4v) is 5.57. The number of nitrogens with one attached hydrogen (secondary N) is 1. The summed E-state index contributed by atoms with van der Waals surface area (Å²) in [6, 6.07) is 15.8. The maximum absolute atomic E-state index is 13.6. The van der Waals surface area contributed by atoms with E-state index in [-0.39, 0.29) is 18.2 Å². The lowest BCUT2D eigenvalue weighted by Gasteiger charge is -2.24. The number of ether oxygens (including phenoxy) is 2. The van der Waals surface area contributed by atoms with E-state index in [2.05, 4.69) is 23.7 Å². The van der Waals surface area contributed by atoms with Crippen LogP contribution in [0.15, 0.2) is 60.0 Å². The molecule has 1 aromatic heterocycles. The molecule has 1 fully saturated rings. The molecule has 0 saturated carbocycles. The monoisotopic (exact) mass is 537 g/mol. The quantitative estimate of drug-likeness (QED) is 0.329. The summed E-state index contributed by atoms with van der Waals surface area (Å²) in [5.74, 6) is 0.994. The van der Waals surface area contributed by atoms with Crippen molar-refractivity contribution < 1.29 is 19.1 Å². The maximum Gasteiger partial charge on any atom is 0.256 e. The third-order valence-electron chi connectivity index (χ3n) is 6.10. The summed E-state index contributed by atoms with van der Waals surface area (Å²) in [5.41, 5.74) is 2.52. The number of amides is 2. The van der Waals surface area contributed by atoms with Gasteiger partial charge in [0.2, 0.25) is 5.91 Å². The molecule has 0 spiro atoms. The zero-order valence-corrected chi connectivity index (χ0v) is 22.9. The standard InChI is InChI=1S/C28H31N3O4S2/c1-4-34-22-10-6-20(7-11-22)29-26(32)18-24-27(33)31(21-8-12-23(13-9-21)35-5-2)28(36)30(24)16-14-25-19(3)15-17-37-25/h6-13,15,17,24H,4-5,14,16,18H2,1-3H3,(H,29,32)/t24-/m0/s1. The van der Waals surface area contributed by atoms with Crippen LogP contribution in [0.3, 0.4) is 0 Å². The molecule has 1 atom stereocenters. The van der Waals surface area contributed by atoms with Crippen LogP contribution in [-0.4, -0.2) is 47.6 Å². The lowest BCUT2D eigenvalue weighted by molar-refractivity contribution is -0.124. The number of aryl methyl sites for hydroxylation is 1. The number of nitrogens with zero attached hydrogens (tertiary/aromatic N) is 2. The third-order valence-corrected chi connectivity index (χ3v) is 7.60. The van der Waals surface area contributed by atoms with Crippen LogP contribution in [-0.2, 0) is 16.0 Å². The molecule has 1 N–H and O–H groups in total. The van der Waals surface area contributed by atoms with Gasteiger partial charge in [0.25, 0.3) is 5.91 Å². The van der Waals surface area contributed by atoms with Gasteiger partial charge in [-0.15, -0.1) is 11.3 Å². The zero-order chi connectivity index (χ0) is 26.4. The Labute approximate surface area is 227 Å². The van der Waals surface area contributed by atoms with E-state index in [0.29, 0.717) is 36.2 Å². The Morgan fingerprint density at radius 2 is 1.62 bits per heavy atom. The first-order valence-corrected chi connectivity index (χ1v) is 13.6. The van der Waals surface area contributed by atoms with Gasteiger partial charge in [0.05, 0.1) is 25.3 Å². The van der Waals surface area contributed by atoms with E-state index < -0.39 is 6.04 Å². The minimum Gasteiger partial charge on any atom is -0.494 e. The average molecular weight is 538 g/mol. The molecular formula is C28H31N3O4S2. The number of benzene rings is 2. The van der Waals surface area contributed by atoms with Gasteiger partial charge in [-0.3, -0.25) is 14.5 Å². The summed E-state index contributed by atoms with van der Waals surface area (Å²) in [6.45, 7) is 7.58. The summed E-state index contributed by atoms with van der Waals surface area (Å²) >= 11 is 7.48. The van der Waals surface area contributed by atoms with Gasteiger partial charge in [-0.25, -0.2) is 0 Å². The predicted molar refractivity (Wildman–Crippen MR) is 152 cm³/mol. The first kappa shape index (κ1) is 26.6. The average Bonchev–Trinajstić information content (AvgIpc) is 3.39. The number of thiocarbonyl (C=S) groups is 1. The second kappa shape index (κ2) is 12.2. The molecule has 9 heteroatoms. The molecular weight excluding hydrogens is 506 g/mol. The van der Waals surface area contributed by atoms with Crippen molar-refractivity contribution in [3.05, 3.63) is 70.4 Å². The summed E-state index contributed by atoms with van der Waals surface area (Å²) in [5, 5.41) is 5.37. The SMILES string of the molecule is CCOc1ccc(NC(=O)C[C@H]2C(=O)N(c3ccc(OCC)cc3)C(=S)N2CCc2sccc2C)cc1. The van der Waals surface area contributed by atoms with E-state index in [1.807, 2.05) is 43.0 Å². The van der Waals surface area contributed by atoms with E-state index in [1.54, 1.807) is 35.6 Å². The topological polar surface area (TPSA) is 71.1 Å². The molecule has 1 aliphatic rings. The number of thiophene rings is 1. The molecule has 37 heavy (non-hydrogen) atoms. The molecule has 2 amide bonds. The van der Waals surface area contributed by atoms with Crippen LogP contribution in [0.5, 0.6) is 11.5 Å². The Bertz CT molecular complexity index is 1240. The number of carbonyl (C=O) groups excluding carboxylic acids is 2. The minimum absolute atomic E-state index is 0.0108. The zero-order valence-electron chi connectivity index (χ0n) is 21.2. The van der Waals surface area contributed by atoms with Crippen molar-refractivity contribution in [2.24, 2.45) is 0 Å². The van der Waals surface area contributed by atoms with Gasteiger partial charge in [0.15, 0.2) is 5.11 Å². The van der Waals surface area contributed by atoms with E-state index >= 15 is 0 Å². The highest BCUT2D eigenvalue weighted by molar-refractivity contribution is 7.80. The van der Waals surface area contributed by atoms with Crippen molar-refractivity contribution in [3.63, 3.8) is 0 Å². The molecule has 1 aliphatic heterocycles. The predicted octanol–water partition coefficient (Wildman–Crippen LogP) is 5.43. The largest absolute Gasteiger partial charge is 0.494 e. The van der Waals surface area contributed by atoms with Gasteiger partial charge in [-0.2, -0.15) is 0 Å². The highest BCUT2D eigenvalue weighted by Gasteiger charge is 2.44. The van der Waals surface area contributed by atoms with Gasteiger partial charge >= 0.3 is 0 Å². The molecule has 0 bridgehead atoms. The van der Waals surface area contributed by atoms with Crippen LogP contribution in [0.1, 0.15) is 30.7 Å². The molecule has 4 rings (SSSR count). The molecule has 0 radical (unpaired) electrons. The maximum atomic E-state index is 13.6. The molecule has 2 heterocycles. The van der Waals surface area contributed by atoms with E-state index in [0.717, 1.165) is 17.9 Å². The van der Waals surface area contributed by atoms with Crippen molar-refractivity contribution >= 4 is 51.9 Å². The van der Waals surface area contributed by atoms with E-state index in [1.165, 1.54) is 15.3 Å². The summed E-state index contributed by atoms with van der Waals surface area (Å²) in [6.07, 6.45) is 0.730. The van der Waals surface area contributed by atoms with Gasteiger partial charge < -0.3 is 19.7 Å². The Hall–Kier alpha value is -3.43. The number of carbonyl (C=O) groups is 2. The fourth-order valence-electron chi connectivity index (χ4n) is 4.25. The summed E-state index contributed by atoms with van der Waals surface area (Å²) in [7, 11) is 0. The number of hydrogen-bond acceptors (Lipinski definition) is 6. The molecule has 194 valence electrons. The normalized spacial score (nSPS) is 15.3. The second-order valence-electron chi connectivity index (χ2n) is 8.58. The highest BCUT2D eigenvalue weighted by atomic mass is 32.1. The second-order valence-corrected chi connectivity index (χ2v) is 9.94. The Morgan fingerprint density at radius 1 is 1.00 bits per heavy atom. The van der Waals surface area contributed by atoms with Crippen LogP contribution in [0.2, 0.25) is 0 Å². The Morgan fingerprint density at radius 3 is 2.19 bits per heavy atom. The van der Waals surface area contributed by atoms with Crippen LogP contribution in [0.4, 0.5) is 11.4 Å². The van der Waals surface area contributed by atoms with E-state index in [9.17, 15) is 9.59 Å². The van der Waals surface area contributed by atoms with Crippen molar-refractivity contribution in [2.75, 3.05) is 30.0 Å². The van der Waals surface area contributed by atoms with Crippen LogP contribution < -0.4 is 19.7 Å². The lowest BCUT2D eigenvalue weighted by Crippen LogP contribution is -2.39. The van der Waals surface area contributed by atoms with Crippen molar-refractivity contribution in [3.8, 4) is 11.5 Å². The number of rotatable bonds is 11.